The topological polar surface area (TPSA) is 43.3 Å². The van der Waals surface area contributed by atoms with Gasteiger partial charge in [0.25, 0.3) is 0 Å². The average Bonchev–Trinajstić information content (AvgIpc) is 2.91. The van der Waals surface area contributed by atoms with Crippen molar-refractivity contribution in [1.29, 1.82) is 0 Å². The molecular formula is C16H18N2O2. The van der Waals surface area contributed by atoms with Gasteiger partial charge in [0.15, 0.2) is 5.54 Å². The van der Waals surface area contributed by atoms with Crippen LogP contribution in [-0.4, -0.2) is 17.1 Å². The van der Waals surface area contributed by atoms with Crippen LogP contribution in [0.25, 0.3) is 5.69 Å². The molecule has 0 fully saturated rings. The molecule has 20 heavy (non-hydrogen) atoms. The van der Waals surface area contributed by atoms with E-state index in [1.807, 2.05) is 44.3 Å². The van der Waals surface area contributed by atoms with Crippen molar-refractivity contribution in [3.05, 3.63) is 53.9 Å². The second-order valence-electron chi connectivity index (χ2n) is 5.09. The van der Waals surface area contributed by atoms with Gasteiger partial charge in [0.1, 0.15) is 0 Å². The Balaban J connectivity index is 2.15. The lowest BCUT2D eigenvalue weighted by atomic mass is 9.98. The van der Waals surface area contributed by atoms with Gasteiger partial charge < -0.3 is 9.30 Å². The van der Waals surface area contributed by atoms with E-state index in [9.17, 15) is 4.79 Å². The maximum atomic E-state index is 12.4. The molecule has 2 heterocycles. The Morgan fingerprint density at radius 1 is 1.35 bits per heavy atom. The van der Waals surface area contributed by atoms with E-state index < -0.39 is 5.54 Å². The highest BCUT2D eigenvalue weighted by molar-refractivity contribution is 5.82. The van der Waals surface area contributed by atoms with Crippen molar-refractivity contribution >= 4 is 5.97 Å². The smallest absolute Gasteiger partial charge is 0.332 e. The van der Waals surface area contributed by atoms with Crippen LogP contribution >= 0.6 is 0 Å². The Bertz CT molecular complexity index is 647. The van der Waals surface area contributed by atoms with Gasteiger partial charge in [-0.15, -0.1) is 0 Å². The number of ether oxygens (including phenoxy) is 1. The van der Waals surface area contributed by atoms with E-state index >= 15 is 0 Å². The molecule has 1 unspecified atom stereocenters. The van der Waals surface area contributed by atoms with E-state index in [0.29, 0.717) is 13.2 Å². The number of aromatic nitrogens is 1. The summed E-state index contributed by atoms with van der Waals surface area (Å²) in [5.74, 6) is -0.243. The maximum Gasteiger partial charge on any atom is 0.332 e. The summed E-state index contributed by atoms with van der Waals surface area (Å²) >= 11 is 0. The van der Waals surface area contributed by atoms with Crippen molar-refractivity contribution in [2.75, 3.05) is 6.61 Å². The first-order chi connectivity index (χ1) is 9.66. The minimum Gasteiger partial charge on any atom is -0.464 e. The van der Waals surface area contributed by atoms with Gasteiger partial charge in [-0.2, -0.15) is 0 Å². The molecule has 1 aliphatic rings. The molecule has 1 atom stereocenters. The molecule has 104 valence electrons. The molecule has 0 aliphatic carbocycles. The van der Waals surface area contributed by atoms with Crippen molar-refractivity contribution in [3.8, 4) is 5.69 Å². The number of carbonyl (C=O) groups is 1. The molecule has 4 heteroatoms. The minimum atomic E-state index is -0.835. The van der Waals surface area contributed by atoms with Crippen LogP contribution in [0.3, 0.4) is 0 Å². The Hall–Kier alpha value is -2.07. The molecule has 1 aromatic carbocycles. The molecule has 0 radical (unpaired) electrons. The molecule has 1 aromatic heterocycles. The predicted octanol–water partition coefficient (Wildman–Crippen LogP) is 2.36. The first-order valence-electron chi connectivity index (χ1n) is 6.85. The molecule has 2 aromatic rings. The average molecular weight is 270 g/mol. The third-order valence-corrected chi connectivity index (χ3v) is 3.83. The second-order valence-corrected chi connectivity index (χ2v) is 5.09. The van der Waals surface area contributed by atoms with E-state index in [2.05, 4.69) is 22.0 Å². The molecule has 0 spiro atoms. The minimum absolute atomic E-state index is 0.243. The number of fused-ring (bicyclic) bond motifs is 3. The van der Waals surface area contributed by atoms with E-state index in [4.69, 9.17) is 4.74 Å². The predicted molar refractivity (Wildman–Crippen MR) is 76.6 cm³/mol. The number of esters is 1. The number of nitrogens with zero attached hydrogens (tertiary/aromatic N) is 1. The van der Waals surface area contributed by atoms with Crippen molar-refractivity contribution in [2.24, 2.45) is 0 Å². The lowest BCUT2D eigenvalue weighted by molar-refractivity contribution is -0.151. The van der Waals surface area contributed by atoms with Crippen LogP contribution in [0.5, 0.6) is 0 Å². The number of benzene rings is 1. The molecule has 0 bridgehead atoms. The lowest BCUT2D eigenvalue weighted by Gasteiger charge is -2.27. The van der Waals surface area contributed by atoms with Gasteiger partial charge in [-0.1, -0.05) is 18.2 Å². The third-order valence-electron chi connectivity index (χ3n) is 3.83. The van der Waals surface area contributed by atoms with Gasteiger partial charge in [0.2, 0.25) is 0 Å². The number of rotatable bonds is 2. The molecule has 0 amide bonds. The number of hydrogen-bond acceptors (Lipinski definition) is 3. The summed E-state index contributed by atoms with van der Waals surface area (Å²) in [6.07, 6.45) is 1.98. The molecule has 4 nitrogen and oxygen atoms in total. The number of hydrogen-bond donors (Lipinski definition) is 1. The van der Waals surface area contributed by atoms with Crippen LogP contribution in [0.1, 0.15) is 25.1 Å². The van der Waals surface area contributed by atoms with Crippen LogP contribution < -0.4 is 5.32 Å². The van der Waals surface area contributed by atoms with Crippen molar-refractivity contribution in [3.63, 3.8) is 0 Å². The molecular weight excluding hydrogens is 252 g/mol. The van der Waals surface area contributed by atoms with Crippen molar-refractivity contribution in [1.82, 2.24) is 9.88 Å². The number of carbonyl (C=O) groups excluding carboxylic acids is 1. The first kappa shape index (κ1) is 12.9. The highest BCUT2D eigenvalue weighted by Crippen LogP contribution is 2.31. The zero-order valence-corrected chi connectivity index (χ0v) is 11.7. The van der Waals surface area contributed by atoms with E-state index in [0.717, 1.165) is 16.9 Å². The van der Waals surface area contributed by atoms with Gasteiger partial charge in [0.05, 0.1) is 12.3 Å². The maximum absolute atomic E-state index is 12.4. The van der Waals surface area contributed by atoms with Crippen LogP contribution in [0, 0.1) is 0 Å². The Labute approximate surface area is 118 Å². The molecule has 0 saturated carbocycles. The van der Waals surface area contributed by atoms with Crippen LogP contribution in [0.15, 0.2) is 42.6 Å². The monoisotopic (exact) mass is 270 g/mol. The van der Waals surface area contributed by atoms with Gasteiger partial charge in [-0.25, -0.2) is 4.79 Å². The zero-order chi connectivity index (χ0) is 14.2. The highest BCUT2D eigenvalue weighted by Gasteiger charge is 2.40. The Kier molecular flexibility index (Phi) is 3.10. The summed E-state index contributed by atoms with van der Waals surface area (Å²) in [4.78, 5) is 12.4. The summed E-state index contributed by atoms with van der Waals surface area (Å²) in [5.41, 5.74) is 2.34. The highest BCUT2D eigenvalue weighted by atomic mass is 16.5. The van der Waals surface area contributed by atoms with E-state index in [1.54, 1.807) is 0 Å². The van der Waals surface area contributed by atoms with E-state index in [-0.39, 0.29) is 5.97 Å². The molecule has 1 aliphatic heterocycles. The van der Waals surface area contributed by atoms with Gasteiger partial charge in [0, 0.05) is 18.4 Å². The summed E-state index contributed by atoms with van der Waals surface area (Å²) in [5, 5.41) is 3.35. The summed E-state index contributed by atoms with van der Waals surface area (Å²) < 4.78 is 7.31. The van der Waals surface area contributed by atoms with Crippen LogP contribution in [-0.2, 0) is 21.6 Å². The van der Waals surface area contributed by atoms with Crippen molar-refractivity contribution in [2.45, 2.75) is 25.9 Å². The molecule has 0 saturated heterocycles. The molecule has 1 N–H and O–H groups in total. The SMILES string of the molecule is CCOC(=O)C1(C)NCc2ccccc2-n2cccc21. The third kappa shape index (κ3) is 1.84. The molecule has 3 rings (SSSR count). The summed E-state index contributed by atoms with van der Waals surface area (Å²) in [6.45, 7) is 4.71. The number of para-hydroxylation sites is 1. The van der Waals surface area contributed by atoms with Crippen LogP contribution in [0.4, 0.5) is 0 Å². The van der Waals surface area contributed by atoms with E-state index in [1.165, 1.54) is 0 Å². The zero-order valence-electron chi connectivity index (χ0n) is 11.7. The normalized spacial score (nSPS) is 20.7. The number of nitrogens with one attached hydrogen (secondary N) is 1. The fourth-order valence-corrected chi connectivity index (χ4v) is 2.71. The van der Waals surface area contributed by atoms with Gasteiger partial charge in [-0.05, 0) is 37.6 Å². The summed E-state index contributed by atoms with van der Waals surface area (Å²) in [6, 6.07) is 12.1. The first-order valence-corrected chi connectivity index (χ1v) is 6.85. The largest absolute Gasteiger partial charge is 0.464 e. The quantitative estimate of drug-likeness (QED) is 0.852. The fourth-order valence-electron chi connectivity index (χ4n) is 2.71. The van der Waals surface area contributed by atoms with Crippen LogP contribution in [0.2, 0.25) is 0 Å². The Morgan fingerprint density at radius 2 is 2.15 bits per heavy atom. The Morgan fingerprint density at radius 3 is 2.95 bits per heavy atom. The van der Waals surface area contributed by atoms with Gasteiger partial charge >= 0.3 is 5.97 Å². The standard InChI is InChI=1S/C16H18N2O2/c1-3-20-15(19)16(2)14-9-6-10-18(14)13-8-5-4-7-12(13)11-17-16/h4-10,17H,3,11H2,1-2H3. The second kappa shape index (κ2) is 4.80. The fraction of sp³-hybridized carbons (Fsp3) is 0.312. The lowest BCUT2D eigenvalue weighted by Crippen LogP contribution is -2.47. The van der Waals surface area contributed by atoms with Crippen molar-refractivity contribution < 1.29 is 9.53 Å². The summed E-state index contributed by atoms with van der Waals surface area (Å²) in [7, 11) is 0. The van der Waals surface area contributed by atoms with Gasteiger partial charge in [-0.3, -0.25) is 5.32 Å².